The molecule has 248 valence electrons. The second-order valence-electron chi connectivity index (χ2n) is 10.4. The van der Waals surface area contributed by atoms with Gasteiger partial charge in [-0.15, -0.1) is 0 Å². The summed E-state index contributed by atoms with van der Waals surface area (Å²) in [6.07, 6.45) is -30.8. The van der Waals surface area contributed by atoms with Crippen LogP contribution in [0.1, 0.15) is 6.92 Å². The summed E-state index contributed by atoms with van der Waals surface area (Å²) in [4.78, 5) is 0. The lowest BCUT2D eigenvalue weighted by Crippen LogP contribution is -2.66. The molecule has 0 aromatic heterocycles. The maximum atomic E-state index is 11.0. The van der Waals surface area contributed by atoms with Crippen molar-refractivity contribution in [3.8, 4) is 0 Å². The van der Waals surface area contributed by atoms with Crippen LogP contribution in [-0.4, -0.2) is 203 Å². The molecule has 0 saturated carbocycles. The van der Waals surface area contributed by atoms with Crippen LogP contribution in [0.3, 0.4) is 0 Å². The number of aliphatic hydroxyl groups is 13. The highest BCUT2D eigenvalue weighted by atomic mass is 16.8. The number of ether oxygens (including phenoxy) is 6. The Morgan fingerprint density at radius 3 is 1.50 bits per heavy atom. The van der Waals surface area contributed by atoms with E-state index in [1.807, 2.05) is 0 Å². The molecule has 3 aliphatic rings. The molecule has 3 fully saturated rings. The highest BCUT2D eigenvalue weighted by Crippen LogP contribution is 2.33. The van der Waals surface area contributed by atoms with Gasteiger partial charge in [0, 0.05) is 0 Å². The molecule has 0 bridgehead atoms. The quantitative estimate of drug-likeness (QED) is 0.0960. The van der Waals surface area contributed by atoms with Crippen LogP contribution in [0.25, 0.3) is 0 Å². The van der Waals surface area contributed by atoms with Gasteiger partial charge in [-0.3, -0.25) is 0 Å². The van der Waals surface area contributed by atoms with E-state index in [1.165, 1.54) is 6.92 Å². The summed E-state index contributed by atoms with van der Waals surface area (Å²) in [5.74, 6) is 0. The van der Waals surface area contributed by atoms with Crippen LogP contribution >= 0.6 is 0 Å². The molecule has 3 heterocycles. The minimum absolute atomic E-state index is 0.791. The van der Waals surface area contributed by atoms with Crippen molar-refractivity contribution in [2.75, 3.05) is 26.4 Å². The van der Waals surface area contributed by atoms with Crippen molar-refractivity contribution in [2.24, 2.45) is 0 Å². The Kier molecular flexibility index (Phi) is 13.2. The van der Waals surface area contributed by atoms with Crippen molar-refractivity contribution in [2.45, 2.75) is 117 Å². The molecule has 19 nitrogen and oxygen atoms in total. The number of hydrogen-bond donors (Lipinski definition) is 13. The van der Waals surface area contributed by atoms with Gasteiger partial charge in [0.25, 0.3) is 0 Å². The van der Waals surface area contributed by atoms with Gasteiger partial charge in [0.15, 0.2) is 18.9 Å². The summed E-state index contributed by atoms with van der Waals surface area (Å²) in [5.41, 5.74) is 0. The Balaban J connectivity index is 1.80. The number of rotatable bonds is 12. The highest BCUT2D eigenvalue weighted by Gasteiger charge is 2.54. The first-order chi connectivity index (χ1) is 19.8. The van der Waals surface area contributed by atoms with Gasteiger partial charge in [0.05, 0.1) is 32.5 Å². The molecule has 0 amide bonds. The lowest BCUT2D eigenvalue weighted by atomic mass is 9.96. The molecule has 0 aromatic rings. The van der Waals surface area contributed by atoms with Gasteiger partial charge >= 0.3 is 0 Å². The second-order valence-corrected chi connectivity index (χ2v) is 10.4. The van der Waals surface area contributed by atoms with Crippen LogP contribution < -0.4 is 0 Å². The molecule has 3 rings (SSSR count). The molecule has 1 unspecified atom stereocenters. The van der Waals surface area contributed by atoms with Crippen molar-refractivity contribution < 1.29 is 94.8 Å². The van der Waals surface area contributed by atoms with Crippen LogP contribution in [0.4, 0.5) is 0 Å². The van der Waals surface area contributed by atoms with Crippen molar-refractivity contribution in [3.05, 3.63) is 0 Å². The van der Waals surface area contributed by atoms with Gasteiger partial charge in [0.1, 0.15) is 85.5 Å². The smallest absolute Gasteiger partial charge is 0.187 e. The van der Waals surface area contributed by atoms with Crippen molar-refractivity contribution >= 4 is 0 Å². The number of aliphatic hydroxyl groups excluding tert-OH is 13. The van der Waals surface area contributed by atoms with E-state index in [2.05, 4.69) is 0 Å². The van der Waals surface area contributed by atoms with Gasteiger partial charge < -0.3 is 94.8 Å². The molecule has 18 atom stereocenters. The molecule has 3 saturated heterocycles. The first-order valence-electron chi connectivity index (χ1n) is 13.3. The summed E-state index contributed by atoms with van der Waals surface area (Å²) >= 11 is 0. The fourth-order valence-electron chi connectivity index (χ4n) is 4.89. The van der Waals surface area contributed by atoms with E-state index in [1.54, 1.807) is 0 Å². The van der Waals surface area contributed by atoms with E-state index in [9.17, 15) is 66.4 Å². The third-order valence-electron chi connectivity index (χ3n) is 7.46. The molecule has 0 spiro atoms. The Morgan fingerprint density at radius 1 is 0.548 bits per heavy atom. The second kappa shape index (κ2) is 15.5. The standard InChI is InChI=1S/C23H42O19/c1-6-11(30)19(16(35)22(37-6)40-18(7(28)2-24)8(29)3-25)41-23-17(36)20(13(32)10(5-27)39-23)42-21-15(34)14(33)12(31)9(4-26)38-21/h6-36H,2-5H2,1H3/t6-,7-,8+,9+,10+,11-,12+,13+,14-,15+,16+,17+,18?,19+,20-,21+,22-,23+/m0/s1. The molecular weight excluding hydrogens is 580 g/mol. The molecule has 42 heavy (non-hydrogen) atoms. The monoisotopic (exact) mass is 622 g/mol. The van der Waals surface area contributed by atoms with Crippen molar-refractivity contribution in [1.82, 2.24) is 0 Å². The van der Waals surface area contributed by atoms with E-state index >= 15 is 0 Å². The molecule has 13 N–H and O–H groups in total. The SMILES string of the molecule is C[C@@H]1O[C@@H](OC([C@H](O)CO)[C@@H](O)CO)[C@H](O)[C@H](O[C@H]2O[C@H](CO)[C@@H](O)[C@H](O[C@H]3O[C@H](CO)[C@@H](O)[C@H](O)[C@H]3O)[C@H]2O)[C@H]1O. The third kappa shape index (κ3) is 7.54. The van der Waals surface area contributed by atoms with E-state index in [0.717, 1.165) is 0 Å². The number of hydrogen-bond acceptors (Lipinski definition) is 19. The Morgan fingerprint density at radius 2 is 1.00 bits per heavy atom. The molecule has 0 aromatic carbocycles. The normalized spacial score (nSPS) is 47.1. The van der Waals surface area contributed by atoms with E-state index in [4.69, 9.17) is 28.4 Å². The maximum Gasteiger partial charge on any atom is 0.187 e. The minimum Gasteiger partial charge on any atom is -0.394 e. The average molecular weight is 623 g/mol. The summed E-state index contributed by atoms with van der Waals surface area (Å²) in [5, 5.41) is 131. The molecule has 19 heteroatoms. The Labute approximate surface area is 239 Å². The summed E-state index contributed by atoms with van der Waals surface area (Å²) in [6, 6.07) is 0. The fourth-order valence-corrected chi connectivity index (χ4v) is 4.89. The lowest BCUT2D eigenvalue weighted by Gasteiger charge is -2.48. The molecule has 0 radical (unpaired) electrons. The predicted molar refractivity (Wildman–Crippen MR) is 129 cm³/mol. The minimum atomic E-state index is -1.98. The van der Waals surface area contributed by atoms with Gasteiger partial charge in [-0.2, -0.15) is 0 Å². The van der Waals surface area contributed by atoms with E-state index in [0.29, 0.717) is 0 Å². The van der Waals surface area contributed by atoms with Crippen molar-refractivity contribution in [1.29, 1.82) is 0 Å². The molecule has 0 aliphatic carbocycles. The summed E-state index contributed by atoms with van der Waals surface area (Å²) in [7, 11) is 0. The topological polar surface area (TPSA) is 318 Å². The van der Waals surface area contributed by atoms with Gasteiger partial charge in [-0.25, -0.2) is 0 Å². The Bertz CT molecular complexity index is 798. The first kappa shape index (κ1) is 35.7. The van der Waals surface area contributed by atoms with Gasteiger partial charge in [0.2, 0.25) is 0 Å². The average Bonchev–Trinajstić information content (AvgIpc) is 2.98. The fraction of sp³-hybridized carbons (Fsp3) is 1.00. The largest absolute Gasteiger partial charge is 0.394 e. The Hall–Kier alpha value is -0.760. The van der Waals surface area contributed by atoms with Gasteiger partial charge in [-0.05, 0) is 6.92 Å². The van der Waals surface area contributed by atoms with E-state index < -0.39 is 137 Å². The summed E-state index contributed by atoms with van der Waals surface area (Å²) in [6.45, 7) is -2.10. The highest BCUT2D eigenvalue weighted by molar-refractivity contribution is 4.96. The lowest BCUT2D eigenvalue weighted by molar-refractivity contribution is -0.383. The zero-order valence-corrected chi connectivity index (χ0v) is 22.5. The van der Waals surface area contributed by atoms with Gasteiger partial charge in [-0.1, -0.05) is 0 Å². The van der Waals surface area contributed by atoms with Crippen LogP contribution in [0.15, 0.2) is 0 Å². The predicted octanol–water partition coefficient (Wildman–Crippen LogP) is -8.45. The molecular formula is C23H42O19. The third-order valence-corrected chi connectivity index (χ3v) is 7.46. The zero-order chi connectivity index (χ0) is 31.5. The van der Waals surface area contributed by atoms with Crippen LogP contribution in [0, 0.1) is 0 Å². The van der Waals surface area contributed by atoms with Crippen LogP contribution in [0.2, 0.25) is 0 Å². The first-order valence-corrected chi connectivity index (χ1v) is 13.3. The summed E-state index contributed by atoms with van der Waals surface area (Å²) < 4.78 is 32.6. The van der Waals surface area contributed by atoms with Crippen LogP contribution in [-0.2, 0) is 28.4 Å². The van der Waals surface area contributed by atoms with E-state index in [-0.39, 0.29) is 0 Å². The van der Waals surface area contributed by atoms with Crippen molar-refractivity contribution in [3.63, 3.8) is 0 Å². The van der Waals surface area contributed by atoms with Crippen LogP contribution in [0.5, 0.6) is 0 Å². The molecule has 3 aliphatic heterocycles. The maximum absolute atomic E-state index is 11.0. The zero-order valence-electron chi connectivity index (χ0n) is 22.5.